The van der Waals surface area contributed by atoms with E-state index in [-0.39, 0.29) is 0 Å². The Kier molecular flexibility index (Phi) is 5.44. The van der Waals surface area contributed by atoms with Crippen molar-refractivity contribution in [3.8, 4) is 11.8 Å². The average Bonchev–Trinajstić information content (AvgIpc) is 2.36. The molecule has 19 heavy (non-hydrogen) atoms. The second-order valence-electron chi connectivity index (χ2n) is 5.68. The first-order valence-corrected chi connectivity index (χ1v) is 6.87. The van der Waals surface area contributed by atoms with E-state index in [1.165, 1.54) is 0 Å². The van der Waals surface area contributed by atoms with Gasteiger partial charge in [-0.1, -0.05) is 32.1 Å². The monoisotopic (exact) mass is 259 g/mol. The minimum atomic E-state index is -0.907. The molecule has 0 spiro atoms. The van der Waals surface area contributed by atoms with Gasteiger partial charge in [-0.2, -0.15) is 0 Å². The zero-order chi connectivity index (χ0) is 14.5. The van der Waals surface area contributed by atoms with Gasteiger partial charge in [0, 0.05) is 25.3 Å². The van der Waals surface area contributed by atoms with Crippen molar-refractivity contribution in [1.29, 1.82) is 0 Å². The molecule has 0 radical (unpaired) electrons. The van der Waals surface area contributed by atoms with Crippen LogP contribution >= 0.6 is 0 Å². The first-order chi connectivity index (χ1) is 8.84. The van der Waals surface area contributed by atoms with Crippen molar-refractivity contribution in [2.45, 2.75) is 39.2 Å². The maximum Gasteiger partial charge on any atom is 0.123 e. The van der Waals surface area contributed by atoms with Crippen molar-refractivity contribution < 1.29 is 5.11 Å². The SMILES string of the molecule is CCC(C)CC(C)(O)C#Cc1ccc(N(C)C)cc1. The van der Waals surface area contributed by atoms with Crippen LogP contribution in [0.1, 0.15) is 39.2 Å². The van der Waals surface area contributed by atoms with E-state index in [9.17, 15) is 5.11 Å². The third kappa shape index (κ3) is 5.36. The molecular weight excluding hydrogens is 234 g/mol. The molecule has 0 amide bonds. The van der Waals surface area contributed by atoms with Crippen molar-refractivity contribution >= 4 is 5.69 Å². The fourth-order valence-corrected chi connectivity index (χ4v) is 1.92. The summed E-state index contributed by atoms with van der Waals surface area (Å²) in [7, 11) is 4.02. The normalized spacial score (nSPS) is 15.1. The Bertz CT molecular complexity index is 448. The maximum absolute atomic E-state index is 10.2. The molecule has 0 saturated carbocycles. The molecule has 0 aromatic heterocycles. The summed E-state index contributed by atoms with van der Waals surface area (Å²) in [4.78, 5) is 2.05. The first-order valence-electron chi connectivity index (χ1n) is 6.87. The lowest BCUT2D eigenvalue weighted by Gasteiger charge is -2.20. The summed E-state index contributed by atoms with van der Waals surface area (Å²) in [5.41, 5.74) is 1.18. The van der Waals surface area contributed by atoms with Crippen LogP contribution in [0.4, 0.5) is 5.69 Å². The number of anilines is 1. The Hall–Kier alpha value is -1.46. The maximum atomic E-state index is 10.2. The molecule has 0 fully saturated rings. The lowest BCUT2D eigenvalue weighted by molar-refractivity contribution is 0.0939. The number of hydrogen-bond donors (Lipinski definition) is 1. The highest BCUT2D eigenvalue weighted by atomic mass is 16.3. The van der Waals surface area contributed by atoms with E-state index >= 15 is 0 Å². The van der Waals surface area contributed by atoms with Crippen LogP contribution in [0.15, 0.2) is 24.3 Å². The molecule has 0 aliphatic carbocycles. The van der Waals surface area contributed by atoms with Gasteiger partial charge in [0.25, 0.3) is 0 Å². The van der Waals surface area contributed by atoms with Gasteiger partial charge in [0.05, 0.1) is 0 Å². The summed E-state index contributed by atoms with van der Waals surface area (Å²) >= 11 is 0. The van der Waals surface area contributed by atoms with Crippen molar-refractivity contribution in [3.63, 3.8) is 0 Å². The fourth-order valence-electron chi connectivity index (χ4n) is 1.92. The molecule has 2 atom stereocenters. The molecule has 1 aromatic rings. The van der Waals surface area contributed by atoms with Gasteiger partial charge in [0.1, 0.15) is 5.60 Å². The largest absolute Gasteiger partial charge is 0.378 e. The predicted octanol–water partition coefficient (Wildman–Crippen LogP) is 3.29. The topological polar surface area (TPSA) is 23.5 Å². The minimum Gasteiger partial charge on any atom is -0.378 e. The third-order valence-corrected chi connectivity index (χ3v) is 3.30. The molecule has 0 aliphatic rings. The molecule has 0 aliphatic heterocycles. The third-order valence-electron chi connectivity index (χ3n) is 3.30. The van der Waals surface area contributed by atoms with Crippen molar-refractivity contribution in [2.75, 3.05) is 19.0 Å². The molecule has 2 heteroatoms. The van der Waals surface area contributed by atoms with E-state index in [0.717, 1.165) is 17.7 Å². The minimum absolute atomic E-state index is 0.486. The summed E-state index contributed by atoms with van der Waals surface area (Å²) in [6.07, 6.45) is 1.78. The molecule has 2 nitrogen and oxygen atoms in total. The van der Waals surface area contributed by atoms with E-state index in [0.29, 0.717) is 12.3 Å². The van der Waals surface area contributed by atoms with E-state index in [1.54, 1.807) is 6.92 Å². The number of hydrogen-bond acceptors (Lipinski definition) is 2. The number of benzene rings is 1. The average molecular weight is 259 g/mol. The zero-order valence-corrected chi connectivity index (χ0v) is 12.7. The zero-order valence-electron chi connectivity index (χ0n) is 12.7. The van der Waals surface area contributed by atoms with Gasteiger partial charge >= 0.3 is 0 Å². The second kappa shape index (κ2) is 6.63. The summed E-state index contributed by atoms with van der Waals surface area (Å²) in [5, 5.41) is 10.2. The molecule has 104 valence electrons. The van der Waals surface area contributed by atoms with Gasteiger partial charge in [-0.05, 0) is 43.5 Å². The van der Waals surface area contributed by atoms with E-state index < -0.39 is 5.60 Å². The molecule has 0 saturated heterocycles. The Morgan fingerprint density at radius 2 is 1.84 bits per heavy atom. The Morgan fingerprint density at radius 3 is 2.32 bits per heavy atom. The van der Waals surface area contributed by atoms with Gasteiger partial charge in [-0.15, -0.1) is 0 Å². The molecule has 1 N–H and O–H groups in total. The summed E-state index contributed by atoms with van der Waals surface area (Å²) < 4.78 is 0. The van der Waals surface area contributed by atoms with Crippen LogP contribution in [0.3, 0.4) is 0 Å². The van der Waals surface area contributed by atoms with Gasteiger partial charge in [-0.3, -0.25) is 0 Å². The highest BCUT2D eigenvalue weighted by Gasteiger charge is 2.19. The first kappa shape index (κ1) is 15.6. The van der Waals surface area contributed by atoms with Crippen LogP contribution in [0.2, 0.25) is 0 Å². The van der Waals surface area contributed by atoms with E-state index in [4.69, 9.17) is 0 Å². The Morgan fingerprint density at radius 1 is 1.26 bits per heavy atom. The molecule has 2 unspecified atom stereocenters. The Balaban J connectivity index is 2.76. The second-order valence-corrected chi connectivity index (χ2v) is 5.68. The van der Waals surface area contributed by atoms with Gasteiger partial charge in [-0.25, -0.2) is 0 Å². The molecular formula is C17H25NO. The molecule has 0 heterocycles. The molecule has 1 rings (SSSR count). The highest BCUT2D eigenvalue weighted by Crippen LogP contribution is 2.18. The fraction of sp³-hybridized carbons (Fsp3) is 0.529. The number of aliphatic hydroxyl groups is 1. The van der Waals surface area contributed by atoms with Gasteiger partial charge in [0.2, 0.25) is 0 Å². The number of nitrogens with zero attached hydrogens (tertiary/aromatic N) is 1. The Labute approximate surface area is 117 Å². The van der Waals surface area contributed by atoms with Crippen LogP contribution in [0.25, 0.3) is 0 Å². The van der Waals surface area contributed by atoms with Crippen LogP contribution in [0.5, 0.6) is 0 Å². The summed E-state index contributed by atoms with van der Waals surface area (Å²) in [6, 6.07) is 8.05. The lowest BCUT2D eigenvalue weighted by atomic mass is 9.92. The van der Waals surface area contributed by atoms with E-state index in [1.807, 2.05) is 38.4 Å². The van der Waals surface area contributed by atoms with Gasteiger partial charge < -0.3 is 10.0 Å². The standard InChI is InChI=1S/C17H25NO/c1-6-14(2)13-17(3,19)12-11-15-7-9-16(10-8-15)18(4)5/h7-10,14,19H,6,13H2,1-5H3. The summed E-state index contributed by atoms with van der Waals surface area (Å²) in [5.74, 6) is 6.53. The number of rotatable bonds is 4. The van der Waals surface area contributed by atoms with E-state index in [2.05, 4.69) is 30.6 Å². The predicted molar refractivity (Wildman–Crippen MR) is 82.3 cm³/mol. The van der Waals surface area contributed by atoms with Gasteiger partial charge in [0.15, 0.2) is 0 Å². The van der Waals surface area contributed by atoms with Crippen molar-refractivity contribution in [3.05, 3.63) is 29.8 Å². The van der Waals surface area contributed by atoms with Crippen LogP contribution in [-0.2, 0) is 0 Å². The molecule has 1 aromatic carbocycles. The van der Waals surface area contributed by atoms with Crippen molar-refractivity contribution in [2.24, 2.45) is 5.92 Å². The van der Waals surface area contributed by atoms with Crippen molar-refractivity contribution in [1.82, 2.24) is 0 Å². The van der Waals surface area contributed by atoms with Crippen LogP contribution < -0.4 is 4.90 Å². The van der Waals surface area contributed by atoms with Crippen LogP contribution in [0, 0.1) is 17.8 Å². The quantitative estimate of drug-likeness (QED) is 0.839. The van der Waals surface area contributed by atoms with Crippen LogP contribution in [-0.4, -0.2) is 24.8 Å². The summed E-state index contributed by atoms with van der Waals surface area (Å²) in [6.45, 7) is 6.07. The lowest BCUT2D eigenvalue weighted by Crippen LogP contribution is -2.24. The highest BCUT2D eigenvalue weighted by molar-refractivity contribution is 5.49. The smallest absolute Gasteiger partial charge is 0.123 e. The molecule has 0 bridgehead atoms.